The van der Waals surface area contributed by atoms with Crippen molar-refractivity contribution in [2.45, 2.75) is 36.4 Å². The zero-order valence-electron chi connectivity index (χ0n) is 17.6. The van der Waals surface area contributed by atoms with Crippen LogP contribution < -0.4 is 10.6 Å². The minimum Gasteiger partial charge on any atom is -0.468 e. The van der Waals surface area contributed by atoms with Gasteiger partial charge in [0.1, 0.15) is 5.82 Å². The molecule has 164 valence electrons. The first-order valence-electron chi connectivity index (χ1n) is 10.0. The van der Waals surface area contributed by atoms with Gasteiger partial charge in [-0.1, -0.05) is 52.9 Å². The number of esters is 1. The third-order valence-electron chi connectivity index (χ3n) is 5.42. The summed E-state index contributed by atoms with van der Waals surface area (Å²) in [5.41, 5.74) is 10.1. The topological polar surface area (TPSA) is 122 Å². The Morgan fingerprint density at radius 1 is 1.41 bits per heavy atom. The molecular formula is C22H21N5O3S2. The Balaban J connectivity index is 1.80. The Morgan fingerprint density at radius 2 is 2.22 bits per heavy atom. The number of rotatable bonds is 5. The summed E-state index contributed by atoms with van der Waals surface area (Å²) < 4.78 is 5.23. The van der Waals surface area contributed by atoms with Gasteiger partial charge in [-0.2, -0.15) is 5.26 Å². The molecule has 1 atom stereocenters. The molecule has 2 heterocycles. The molecule has 0 radical (unpaired) electrons. The average Bonchev–Trinajstić information content (AvgIpc) is 3.25. The van der Waals surface area contributed by atoms with Crippen LogP contribution >= 0.6 is 23.1 Å². The first-order valence-corrected chi connectivity index (χ1v) is 11.8. The zero-order chi connectivity index (χ0) is 22.8. The van der Waals surface area contributed by atoms with Crippen molar-refractivity contribution in [3.05, 3.63) is 58.1 Å². The molecule has 32 heavy (non-hydrogen) atoms. The number of anilines is 1. The molecule has 1 aromatic carbocycles. The van der Waals surface area contributed by atoms with E-state index in [9.17, 15) is 14.9 Å². The lowest BCUT2D eigenvalue weighted by molar-refractivity contribution is -0.137. The molecule has 1 aliphatic heterocycles. The van der Waals surface area contributed by atoms with E-state index in [2.05, 4.69) is 21.0 Å². The molecule has 0 saturated heterocycles. The maximum absolute atomic E-state index is 13.1. The average molecular weight is 468 g/mol. The second-order valence-corrected chi connectivity index (χ2v) is 9.62. The first-order chi connectivity index (χ1) is 15.4. The first kappa shape index (κ1) is 22.0. The number of hydrogen-bond acceptors (Lipinski definition) is 10. The number of Topliss-reactive ketones (excluding diaryl/α,β-unsaturated/α-hetero) is 1. The predicted molar refractivity (Wildman–Crippen MR) is 122 cm³/mol. The normalized spacial score (nSPS) is 18.5. The van der Waals surface area contributed by atoms with Crippen LogP contribution in [0.3, 0.4) is 0 Å². The monoisotopic (exact) mass is 467 g/mol. The number of nitriles is 1. The number of allylic oxidation sites excluding steroid dienone is 3. The molecule has 2 aromatic rings. The van der Waals surface area contributed by atoms with E-state index in [-0.39, 0.29) is 23.3 Å². The Labute approximate surface area is 193 Å². The van der Waals surface area contributed by atoms with Crippen molar-refractivity contribution in [2.75, 3.05) is 17.8 Å². The molecule has 0 fully saturated rings. The third kappa shape index (κ3) is 4.01. The van der Waals surface area contributed by atoms with Crippen molar-refractivity contribution >= 4 is 40.0 Å². The second-order valence-electron chi connectivity index (χ2n) is 7.45. The van der Waals surface area contributed by atoms with Gasteiger partial charge in [-0.25, -0.2) is 0 Å². The molecule has 0 bridgehead atoms. The number of ether oxygens (including phenoxy) is 1. The lowest BCUT2D eigenvalue weighted by Crippen LogP contribution is -2.38. The number of aryl methyl sites for hydroxylation is 1. The van der Waals surface area contributed by atoms with E-state index in [0.29, 0.717) is 39.9 Å². The number of thioether (sulfide) groups is 1. The number of nitrogens with two attached hydrogens (primary N) is 1. The van der Waals surface area contributed by atoms with Crippen LogP contribution in [0.15, 0.2) is 51.3 Å². The number of nitrogens with zero attached hydrogens (tertiary/aromatic N) is 4. The zero-order valence-corrected chi connectivity index (χ0v) is 19.3. The van der Waals surface area contributed by atoms with Crippen LogP contribution in [0.5, 0.6) is 0 Å². The molecule has 0 amide bonds. The molecule has 10 heteroatoms. The quantitative estimate of drug-likeness (QED) is 0.520. The molecule has 0 spiro atoms. The maximum Gasteiger partial charge on any atom is 0.316 e. The fourth-order valence-electron chi connectivity index (χ4n) is 4.02. The summed E-state index contributed by atoms with van der Waals surface area (Å²) in [6.45, 7) is 1.98. The maximum atomic E-state index is 13.1. The molecule has 8 nitrogen and oxygen atoms in total. The van der Waals surface area contributed by atoms with Crippen LogP contribution in [0.25, 0.3) is 0 Å². The van der Waals surface area contributed by atoms with Gasteiger partial charge in [-0.15, -0.1) is 10.2 Å². The van der Waals surface area contributed by atoms with Gasteiger partial charge in [-0.3, -0.25) is 14.5 Å². The minimum absolute atomic E-state index is 0.0211. The highest BCUT2D eigenvalue weighted by Crippen LogP contribution is 2.47. The van der Waals surface area contributed by atoms with E-state index in [0.717, 1.165) is 16.8 Å². The Hall–Kier alpha value is -3.16. The van der Waals surface area contributed by atoms with Gasteiger partial charge in [0.15, 0.2) is 10.1 Å². The molecule has 2 aliphatic rings. The largest absolute Gasteiger partial charge is 0.468 e. The predicted octanol–water partition coefficient (Wildman–Crippen LogP) is 3.42. The van der Waals surface area contributed by atoms with Crippen LogP contribution in [0.1, 0.15) is 36.3 Å². The van der Waals surface area contributed by atoms with Crippen molar-refractivity contribution < 1.29 is 14.3 Å². The lowest BCUT2D eigenvalue weighted by atomic mass is 9.75. The van der Waals surface area contributed by atoms with E-state index >= 15 is 0 Å². The Kier molecular flexibility index (Phi) is 6.30. The van der Waals surface area contributed by atoms with Crippen LogP contribution in [0.2, 0.25) is 0 Å². The van der Waals surface area contributed by atoms with Crippen molar-refractivity contribution in [3.63, 3.8) is 0 Å². The van der Waals surface area contributed by atoms with Gasteiger partial charge in [0.2, 0.25) is 5.13 Å². The summed E-state index contributed by atoms with van der Waals surface area (Å²) in [5.74, 6) is -0.470. The molecule has 4 rings (SSSR count). The number of hydrogen-bond donors (Lipinski definition) is 1. The summed E-state index contributed by atoms with van der Waals surface area (Å²) in [4.78, 5) is 26.2. The summed E-state index contributed by atoms with van der Waals surface area (Å²) in [5, 5.41) is 18.9. The summed E-state index contributed by atoms with van der Waals surface area (Å²) in [6, 6.07) is 10.1. The van der Waals surface area contributed by atoms with Crippen LogP contribution in [0, 0.1) is 18.3 Å². The van der Waals surface area contributed by atoms with Gasteiger partial charge >= 0.3 is 5.97 Å². The second kappa shape index (κ2) is 9.14. The van der Waals surface area contributed by atoms with Gasteiger partial charge in [-0.05, 0) is 25.3 Å². The molecular weight excluding hydrogens is 446 g/mol. The van der Waals surface area contributed by atoms with E-state index < -0.39 is 5.92 Å². The standard InChI is InChI=1S/C22H21N5O3S2/c1-12-5-3-6-13(9-12)18-14(10-23)20(24)27(15-7-4-8-16(28)19(15)18)21-25-26-22(32-21)31-11-17(29)30-2/h3,5-6,9,18H,4,7-8,11,24H2,1-2H3. The molecule has 2 N–H and O–H groups in total. The van der Waals surface area contributed by atoms with Crippen molar-refractivity contribution in [2.24, 2.45) is 5.73 Å². The summed E-state index contributed by atoms with van der Waals surface area (Å²) >= 11 is 2.47. The molecule has 1 aliphatic carbocycles. The van der Waals surface area contributed by atoms with E-state index in [1.54, 1.807) is 4.90 Å². The van der Waals surface area contributed by atoms with Crippen molar-refractivity contribution in [3.8, 4) is 6.07 Å². The fourth-order valence-corrected chi connectivity index (χ4v) is 5.73. The minimum atomic E-state index is -0.500. The number of benzene rings is 1. The molecule has 1 unspecified atom stereocenters. The highest BCUT2D eigenvalue weighted by Gasteiger charge is 2.41. The van der Waals surface area contributed by atoms with E-state index in [1.807, 2.05) is 31.2 Å². The highest BCUT2D eigenvalue weighted by atomic mass is 32.2. The number of ketones is 1. The number of carbonyl (C=O) groups is 2. The third-order valence-corrected chi connectivity index (χ3v) is 7.43. The fraction of sp³-hybridized carbons (Fsp3) is 0.318. The van der Waals surface area contributed by atoms with Crippen LogP contribution in [0.4, 0.5) is 5.13 Å². The smallest absolute Gasteiger partial charge is 0.316 e. The number of methoxy groups -OCH3 is 1. The van der Waals surface area contributed by atoms with Gasteiger partial charge in [0.25, 0.3) is 0 Å². The number of aromatic nitrogens is 2. The Morgan fingerprint density at radius 3 is 2.94 bits per heavy atom. The van der Waals surface area contributed by atoms with Crippen LogP contribution in [-0.2, 0) is 14.3 Å². The van der Waals surface area contributed by atoms with Gasteiger partial charge in [0.05, 0.1) is 30.4 Å². The van der Waals surface area contributed by atoms with Crippen molar-refractivity contribution in [1.29, 1.82) is 5.26 Å². The van der Waals surface area contributed by atoms with Gasteiger partial charge in [0, 0.05) is 17.7 Å². The van der Waals surface area contributed by atoms with E-state index in [4.69, 9.17) is 5.73 Å². The number of carbonyl (C=O) groups excluding carboxylic acids is 2. The highest BCUT2D eigenvalue weighted by molar-refractivity contribution is 8.01. The lowest BCUT2D eigenvalue weighted by Gasteiger charge is -2.38. The summed E-state index contributed by atoms with van der Waals surface area (Å²) in [7, 11) is 1.33. The van der Waals surface area contributed by atoms with E-state index in [1.165, 1.54) is 30.2 Å². The van der Waals surface area contributed by atoms with Crippen LogP contribution in [-0.4, -0.2) is 34.8 Å². The SMILES string of the molecule is COC(=O)CSc1nnc(N2C(N)=C(C#N)C(c3cccc(C)c3)C3=C2CCCC3=O)s1. The molecule has 1 aromatic heterocycles. The van der Waals surface area contributed by atoms with Crippen molar-refractivity contribution in [1.82, 2.24) is 10.2 Å². The Bertz CT molecular complexity index is 1190. The van der Waals surface area contributed by atoms with Gasteiger partial charge < -0.3 is 10.5 Å². The summed E-state index contributed by atoms with van der Waals surface area (Å²) in [6.07, 6.45) is 1.78. The molecule has 0 saturated carbocycles.